The number of pyridine rings is 1. The number of nitrogens with zero attached hydrogens (tertiary/aromatic N) is 2. The number of hydrogen-bond acceptors (Lipinski definition) is 3. The topological polar surface area (TPSA) is 54.5 Å². The Kier molecular flexibility index (Phi) is 6.47. The van der Waals surface area contributed by atoms with E-state index < -0.39 is 0 Å². The number of benzene rings is 1. The van der Waals surface area contributed by atoms with E-state index in [2.05, 4.69) is 10.3 Å². The van der Waals surface area contributed by atoms with Gasteiger partial charge in [0.05, 0.1) is 13.2 Å². The molecule has 1 aliphatic heterocycles. The number of urea groups is 1. The van der Waals surface area contributed by atoms with E-state index in [1.807, 2.05) is 41.3 Å². The highest BCUT2D eigenvalue weighted by atomic mass is 16.5. The summed E-state index contributed by atoms with van der Waals surface area (Å²) in [5, 5.41) is 3.10. The van der Waals surface area contributed by atoms with Gasteiger partial charge in [-0.2, -0.15) is 0 Å². The zero-order valence-corrected chi connectivity index (χ0v) is 15.4. The molecule has 1 aromatic heterocycles. The molecular weight excluding hydrogens is 326 g/mol. The van der Waals surface area contributed by atoms with E-state index in [4.69, 9.17) is 4.74 Å². The second-order valence-corrected chi connectivity index (χ2v) is 6.63. The highest BCUT2D eigenvalue weighted by molar-refractivity contribution is 5.74. The van der Waals surface area contributed by atoms with Gasteiger partial charge in [0.1, 0.15) is 5.75 Å². The van der Waals surface area contributed by atoms with Crippen LogP contribution in [0, 0.1) is 0 Å². The van der Waals surface area contributed by atoms with E-state index in [9.17, 15) is 4.79 Å². The predicted octanol–water partition coefficient (Wildman–Crippen LogP) is 3.96. The first-order valence-electron chi connectivity index (χ1n) is 9.36. The number of hydrogen-bond donors (Lipinski definition) is 1. The van der Waals surface area contributed by atoms with Crippen LogP contribution in [0.4, 0.5) is 4.79 Å². The van der Waals surface area contributed by atoms with Crippen LogP contribution in [0.15, 0.2) is 48.8 Å². The largest absolute Gasteiger partial charge is 0.496 e. The molecule has 3 rings (SSSR count). The van der Waals surface area contributed by atoms with Crippen molar-refractivity contribution in [3.8, 4) is 5.75 Å². The summed E-state index contributed by atoms with van der Waals surface area (Å²) >= 11 is 0. The van der Waals surface area contributed by atoms with Gasteiger partial charge in [0, 0.05) is 25.5 Å². The Bertz CT molecular complexity index is 705. The number of amides is 2. The normalized spacial score (nSPS) is 17.4. The molecule has 0 saturated carbocycles. The van der Waals surface area contributed by atoms with Gasteiger partial charge in [-0.1, -0.05) is 31.0 Å². The Morgan fingerprint density at radius 3 is 2.81 bits per heavy atom. The van der Waals surface area contributed by atoms with Gasteiger partial charge < -0.3 is 15.0 Å². The van der Waals surface area contributed by atoms with Crippen LogP contribution in [-0.4, -0.2) is 36.1 Å². The Morgan fingerprint density at radius 2 is 2.00 bits per heavy atom. The number of carbonyl (C=O) groups is 1. The fraction of sp³-hybridized carbons (Fsp3) is 0.429. The molecule has 26 heavy (non-hydrogen) atoms. The van der Waals surface area contributed by atoms with Crippen molar-refractivity contribution in [2.75, 3.05) is 20.2 Å². The molecule has 0 aliphatic carbocycles. The monoisotopic (exact) mass is 353 g/mol. The van der Waals surface area contributed by atoms with Crippen molar-refractivity contribution in [1.29, 1.82) is 0 Å². The van der Waals surface area contributed by atoms with E-state index in [0.717, 1.165) is 43.5 Å². The Hall–Kier alpha value is -2.56. The van der Waals surface area contributed by atoms with Crippen molar-refractivity contribution in [1.82, 2.24) is 15.2 Å². The summed E-state index contributed by atoms with van der Waals surface area (Å²) in [6.07, 6.45) is 8.75. The van der Waals surface area contributed by atoms with Gasteiger partial charge >= 0.3 is 6.03 Å². The van der Waals surface area contributed by atoms with Crippen LogP contribution in [0.3, 0.4) is 0 Å². The minimum absolute atomic E-state index is 0.0172. The molecule has 0 spiro atoms. The molecule has 1 N–H and O–H groups in total. The van der Waals surface area contributed by atoms with Crippen LogP contribution in [0.1, 0.15) is 42.9 Å². The van der Waals surface area contributed by atoms with E-state index in [1.165, 1.54) is 12.0 Å². The van der Waals surface area contributed by atoms with Gasteiger partial charge in [-0.3, -0.25) is 4.98 Å². The Balaban J connectivity index is 1.63. The highest BCUT2D eigenvalue weighted by Crippen LogP contribution is 2.29. The number of para-hydroxylation sites is 1. The molecule has 2 amide bonds. The van der Waals surface area contributed by atoms with Gasteiger partial charge in [-0.05, 0) is 48.6 Å². The summed E-state index contributed by atoms with van der Waals surface area (Å²) in [7, 11) is 1.67. The second-order valence-electron chi connectivity index (χ2n) is 6.63. The van der Waals surface area contributed by atoms with Crippen molar-refractivity contribution >= 4 is 6.03 Å². The lowest BCUT2D eigenvalue weighted by molar-refractivity contribution is 0.176. The second kappa shape index (κ2) is 9.22. The smallest absolute Gasteiger partial charge is 0.317 e. The summed E-state index contributed by atoms with van der Waals surface area (Å²) in [5.74, 6) is 0.867. The highest BCUT2D eigenvalue weighted by Gasteiger charge is 2.26. The third-order valence-corrected chi connectivity index (χ3v) is 4.97. The maximum Gasteiger partial charge on any atom is 0.317 e. The molecule has 1 aromatic carbocycles. The molecule has 2 aromatic rings. The Morgan fingerprint density at radius 1 is 1.19 bits per heavy atom. The number of aromatic nitrogens is 1. The summed E-state index contributed by atoms with van der Waals surface area (Å²) in [5.41, 5.74) is 2.28. The zero-order chi connectivity index (χ0) is 18.2. The van der Waals surface area contributed by atoms with E-state index >= 15 is 0 Å². The van der Waals surface area contributed by atoms with Crippen molar-refractivity contribution < 1.29 is 9.53 Å². The lowest BCUT2D eigenvalue weighted by atomic mass is 10.0. The van der Waals surface area contributed by atoms with Crippen molar-refractivity contribution in [2.24, 2.45) is 0 Å². The standard InChI is InChI=1S/C21H27N3O2/c1-26-20-9-5-4-7-18(20)12-15-23-21(25)24-16-6-2-3-8-19(24)17-10-13-22-14-11-17/h4-5,7,9-11,13-14,19H,2-3,6,8,12,15-16H2,1H3,(H,23,25). The Labute approximate surface area is 155 Å². The number of nitrogens with one attached hydrogen (secondary N) is 1. The minimum atomic E-state index is 0.0172. The molecule has 1 aliphatic rings. The summed E-state index contributed by atoms with van der Waals surface area (Å²) in [6.45, 7) is 1.40. The van der Waals surface area contributed by atoms with Crippen LogP contribution in [0.25, 0.3) is 0 Å². The van der Waals surface area contributed by atoms with Crippen LogP contribution in [-0.2, 0) is 6.42 Å². The first-order valence-corrected chi connectivity index (χ1v) is 9.36. The predicted molar refractivity (Wildman–Crippen MR) is 102 cm³/mol. The van der Waals surface area contributed by atoms with Crippen molar-refractivity contribution in [2.45, 2.75) is 38.1 Å². The SMILES string of the molecule is COc1ccccc1CCNC(=O)N1CCCCCC1c1ccncc1. The van der Waals surface area contributed by atoms with Gasteiger partial charge in [0.2, 0.25) is 0 Å². The summed E-state index contributed by atoms with van der Waals surface area (Å²) in [4.78, 5) is 18.9. The number of methoxy groups -OCH3 is 1. The molecule has 5 nitrogen and oxygen atoms in total. The summed E-state index contributed by atoms with van der Waals surface area (Å²) in [6, 6.07) is 12.1. The minimum Gasteiger partial charge on any atom is -0.496 e. The molecule has 1 saturated heterocycles. The van der Waals surface area contributed by atoms with Crippen LogP contribution in [0.2, 0.25) is 0 Å². The van der Waals surface area contributed by atoms with Crippen molar-refractivity contribution in [3.63, 3.8) is 0 Å². The fourth-order valence-corrected chi connectivity index (χ4v) is 3.60. The van der Waals surface area contributed by atoms with Crippen LogP contribution < -0.4 is 10.1 Å². The van der Waals surface area contributed by atoms with Gasteiger partial charge in [0.15, 0.2) is 0 Å². The maximum absolute atomic E-state index is 12.8. The number of likely N-dealkylation sites (tertiary alicyclic amines) is 1. The van der Waals surface area contributed by atoms with Crippen LogP contribution >= 0.6 is 0 Å². The van der Waals surface area contributed by atoms with E-state index in [1.54, 1.807) is 19.5 Å². The van der Waals surface area contributed by atoms with Crippen LogP contribution in [0.5, 0.6) is 5.75 Å². The fourth-order valence-electron chi connectivity index (χ4n) is 3.60. The van der Waals surface area contributed by atoms with Gasteiger partial charge in [-0.25, -0.2) is 4.79 Å². The molecular formula is C21H27N3O2. The molecule has 2 heterocycles. The van der Waals surface area contributed by atoms with E-state index in [0.29, 0.717) is 6.54 Å². The van der Waals surface area contributed by atoms with E-state index in [-0.39, 0.29) is 12.1 Å². The van der Waals surface area contributed by atoms with Crippen molar-refractivity contribution in [3.05, 3.63) is 59.9 Å². The number of rotatable bonds is 5. The molecule has 5 heteroatoms. The van der Waals surface area contributed by atoms with Gasteiger partial charge in [0.25, 0.3) is 0 Å². The quantitative estimate of drug-likeness (QED) is 0.885. The first-order chi connectivity index (χ1) is 12.8. The average molecular weight is 353 g/mol. The first kappa shape index (κ1) is 18.2. The summed E-state index contributed by atoms with van der Waals surface area (Å²) < 4.78 is 5.38. The molecule has 138 valence electrons. The zero-order valence-electron chi connectivity index (χ0n) is 15.4. The third-order valence-electron chi connectivity index (χ3n) is 4.97. The molecule has 1 atom stereocenters. The lowest BCUT2D eigenvalue weighted by Gasteiger charge is -2.30. The lowest BCUT2D eigenvalue weighted by Crippen LogP contribution is -2.42. The number of ether oxygens (including phenoxy) is 1. The average Bonchev–Trinajstić information content (AvgIpc) is 2.95. The molecule has 0 bridgehead atoms. The molecule has 0 radical (unpaired) electrons. The maximum atomic E-state index is 12.8. The van der Waals surface area contributed by atoms with Gasteiger partial charge in [-0.15, -0.1) is 0 Å². The molecule has 1 unspecified atom stereocenters. The number of carbonyl (C=O) groups excluding carboxylic acids is 1. The third kappa shape index (κ3) is 4.54. The molecule has 1 fully saturated rings.